The molecular formula is C14H28N2O2. The minimum atomic E-state index is -0.0401. The molecule has 1 aliphatic heterocycles. The summed E-state index contributed by atoms with van der Waals surface area (Å²) in [6, 6.07) is 0.0816. The fourth-order valence-corrected chi connectivity index (χ4v) is 2.60. The van der Waals surface area contributed by atoms with Gasteiger partial charge in [0.25, 0.3) is 0 Å². The summed E-state index contributed by atoms with van der Waals surface area (Å²) in [7, 11) is 1.68. The molecule has 1 aliphatic rings. The van der Waals surface area contributed by atoms with Crippen molar-refractivity contribution in [1.82, 2.24) is 10.2 Å². The number of hydrogen-bond donors (Lipinski definition) is 1. The standard InChI is InChI=1S/C14H28N2O2/c1-7-10(4)12-14(17)16(11(5)8-18-6)13(15-12)9(2)3/h9-13,15H,7-8H2,1-6H3. The van der Waals surface area contributed by atoms with Gasteiger partial charge in [-0.3, -0.25) is 10.1 Å². The van der Waals surface area contributed by atoms with E-state index >= 15 is 0 Å². The maximum absolute atomic E-state index is 12.5. The Morgan fingerprint density at radius 3 is 2.39 bits per heavy atom. The average molecular weight is 256 g/mol. The van der Waals surface area contributed by atoms with Crippen molar-refractivity contribution >= 4 is 5.91 Å². The molecule has 4 nitrogen and oxygen atoms in total. The van der Waals surface area contributed by atoms with Crippen LogP contribution in [0.5, 0.6) is 0 Å². The largest absolute Gasteiger partial charge is 0.383 e. The Kier molecular flexibility index (Phi) is 5.60. The van der Waals surface area contributed by atoms with Gasteiger partial charge in [-0.1, -0.05) is 34.1 Å². The number of rotatable bonds is 6. The molecule has 0 radical (unpaired) electrons. The molecule has 1 saturated heterocycles. The number of hydrogen-bond acceptors (Lipinski definition) is 3. The normalized spacial score (nSPS) is 27.9. The number of carbonyl (C=O) groups excluding carboxylic acids is 1. The van der Waals surface area contributed by atoms with E-state index in [0.717, 1.165) is 6.42 Å². The lowest BCUT2D eigenvalue weighted by molar-refractivity contribution is -0.134. The average Bonchev–Trinajstić information content (AvgIpc) is 2.66. The van der Waals surface area contributed by atoms with E-state index in [9.17, 15) is 4.79 Å². The molecule has 0 spiro atoms. The number of nitrogens with zero attached hydrogens (tertiary/aromatic N) is 1. The molecule has 1 rings (SSSR count). The zero-order chi connectivity index (χ0) is 13.9. The molecule has 1 heterocycles. The minimum absolute atomic E-state index is 0.0401. The number of amides is 1. The smallest absolute Gasteiger partial charge is 0.241 e. The summed E-state index contributed by atoms with van der Waals surface area (Å²) < 4.78 is 5.19. The van der Waals surface area contributed by atoms with Crippen molar-refractivity contribution < 1.29 is 9.53 Å². The van der Waals surface area contributed by atoms with Crippen molar-refractivity contribution in [3.63, 3.8) is 0 Å². The van der Waals surface area contributed by atoms with Crippen LogP contribution in [0.2, 0.25) is 0 Å². The highest BCUT2D eigenvalue weighted by molar-refractivity contribution is 5.85. The Morgan fingerprint density at radius 1 is 1.33 bits per heavy atom. The molecule has 106 valence electrons. The molecule has 0 aromatic heterocycles. The molecule has 1 fully saturated rings. The number of ether oxygens (including phenoxy) is 1. The van der Waals surface area contributed by atoms with Crippen molar-refractivity contribution in [3.05, 3.63) is 0 Å². The first-order chi connectivity index (χ1) is 8.43. The van der Waals surface area contributed by atoms with Crippen LogP contribution >= 0.6 is 0 Å². The van der Waals surface area contributed by atoms with Crippen molar-refractivity contribution in [2.24, 2.45) is 11.8 Å². The first-order valence-corrected chi connectivity index (χ1v) is 7.01. The van der Waals surface area contributed by atoms with E-state index < -0.39 is 0 Å². The van der Waals surface area contributed by atoms with Crippen LogP contribution in [0.4, 0.5) is 0 Å². The highest BCUT2D eigenvalue weighted by Gasteiger charge is 2.43. The summed E-state index contributed by atoms with van der Waals surface area (Å²) >= 11 is 0. The lowest BCUT2D eigenvalue weighted by Crippen LogP contribution is -2.47. The quantitative estimate of drug-likeness (QED) is 0.788. The summed E-state index contributed by atoms with van der Waals surface area (Å²) in [4.78, 5) is 14.5. The summed E-state index contributed by atoms with van der Waals surface area (Å²) in [5.41, 5.74) is 0. The molecule has 4 heteroatoms. The van der Waals surface area contributed by atoms with Gasteiger partial charge in [-0.2, -0.15) is 0 Å². The Morgan fingerprint density at radius 2 is 1.94 bits per heavy atom. The second kappa shape index (κ2) is 6.53. The molecule has 0 aromatic carbocycles. The molecule has 18 heavy (non-hydrogen) atoms. The monoisotopic (exact) mass is 256 g/mol. The van der Waals surface area contributed by atoms with Crippen LogP contribution in [0.1, 0.15) is 41.0 Å². The SMILES string of the molecule is CCC(C)C1NC(C(C)C)N(C(C)COC)C1=O. The van der Waals surface area contributed by atoms with Crippen LogP contribution in [0.3, 0.4) is 0 Å². The molecule has 4 atom stereocenters. The fraction of sp³-hybridized carbons (Fsp3) is 0.929. The van der Waals surface area contributed by atoms with E-state index in [1.807, 2.05) is 4.90 Å². The highest BCUT2D eigenvalue weighted by Crippen LogP contribution is 2.25. The van der Waals surface area contributed by atoms with Crippen LogP contribution in [0, 0.1) is 11.8 Å². The first kappa shape index (κ1) is 15.4. The topological polar surface area (TPSA) is 41.6 Å². The number of methoxy groups -OCH3 is 1. The third kappa shape index (κ3) is 3.04. The third-order valence-electron chi connectivity index (χ3n) is 3.90. The predicted molar refractivity (Wildman–Crippen MR) is 73.2 cm³/mol. The second-order valence-corrected chi connectivity index (χ2v) is 5.77. The van der Waals surface area contributed by atoms with Crippen molar-refractivity contribution in [1.29, 1.82) is 0 Å². The van der Waals surface area contributed by atoms with Crippen molar-refractivity contribution in [2.45, 2.75) is 59.3 Å². The molecule has 1 N–H and O–H groups in total. The van der Waals surface area contributed by atoms with Crippen LogP contribution in [0.25, 0.3) is 0 Å². The number of carbonyl (C=O) groups is 1. The van der Waals surface area contributed by atoms with Gasteiger partial charge in [0.15, 0.2) is 0 Å². The van der Waals surface area contributed by atoms with Crippen LogP contribution in [-0.4, -0.2) is 42.8 Å². The maximum atomic E-state index is 12.5. The highest BCUT2D eigenvalue weighted by atomic mass is 16.5. The second-order valence-electron chi connectivity index (χ2n) is 5.77. The van der Waals surface area contributed by atoms with Crippen LogP contribution in [0.15, 0.2) is 0 Å². The molecule has 0 aromatic rings. The zero-order valence-electron chi connectivity index (χ0n) is 12.6. The fourth-order valence-electron chi connectivity index (χ4n) is 2.60. The molecule has 0 bridgehead atoms. The lowest BCUT2D eigenvalue weighted by Gasteiger charge is -2.32. The van der Waals surface area contributed by atoms with E-state index in [1.54, 1.807) is 7.11 Å². The Balaban J connectivity index is 2.87. The van der Waals surface area contributed by atoms with Gasteiger partial charge in [-0.25, -0.2) is 0 Å². The minimum Gasteiger partial charge on any atom is -0.383 e. The van der Waals surface area contributed by atoms with Gasteiger partial charge in [0, 0.05) is 7.11 Å². The molecule has 1 amide bonds. The van der Waals surface area contributed by atoms with Gasteiger partial charge in [0.1, 0.15) is 0 Å². The van der Waals surface area contributed by atoms with E-state index in [2.05, 4.69) is 39.9 Å². The van der Waals surface area contributed by atoms with Crippen molar-refractivity contribution in [2.75, 3.05) is 13.7 Å². The van der Waals surface area contributed by atoms with Gasteiger partial charge in [0.2, 0.25) is 5.91 Å². The van der Waals surface area contributed by atoms with Gasteiger partial charge in [-0.05, 0) is 18.8 Å². The first-order valence-electron chi connectivity index (χ1n) is 7.01. The molecular weight excluding hydrogens is 228 g/mol. The van der Waals surface area contributed by atoms with E-state index in [4.69, 9.17) is 4.74 Å². The molecule has 4 unspecified atom stereocenters. The van der Waals surface area contributed by atoms with Gasteiger partial charge >= 0.3 is 0 Å². The van der Waals surface area contributed by atoms with Gasteiger partial charge in [-0.15, -0.1) is 0 Å². The summed E-state index contributed by atoms with van der Waals surface area (Å²) in [5, 5.41) is 3.50. The predicted octanol–water partition coefficient (Wildman–Crippen LogP) is 1.85. The number of nitrogens with one attached hydrogen (secondary N) is 1. The third-order valence-corrected chi connectivity index (χ3v) is 3.90. The summed E-state index contributed by atoms with van der Waals surface area (Å²) in [5.74, 6) is 1.01. The van der Waals surface area contributed by atoms with E-state index in [-0.39, 0.29) is 24.2 Å². The Hall–Kier alpha value is -0.610. The van der Waals surface area contributed by atoms with Crippen molar-refractivity contribution in [3.8, 4) is 0 Å². The van der Waals surface area contributed by atoms with Gasteiger partial charge < -0.3 is 9.64 Å². The van der Waals surface area contributed by atoms with E-state index in [0.29, 0.717) is 18.4 Å². The summed E-state index contributed by atoms with van der Waals surface area (Å²) in [6.07, 6.45) is 1.14. The molecule has 0 aliphatic carbocycles. The molecule has 0 saturated carbocycles. The van der Waals surface area contributed by atoms with E-state index in [1.165, 1.54) is 0 Å². The lowest BCUT2D eigenvalue weighted by atomic mass is 9.99. The Bertz CT molecular complexity index is 281. The zero-order valence-corrected chi connectivity index (χ0v) is 12.6. The van der Waals surface area contributed by atoms with Gasteiger partial charge in [0.05, 0.1) is 24.9 Å². The Labute approximate surface area is 111 Å². The maximum Gasteiger partial charge on any atom is 0.241 e. The van der Waals surface area contributed by atoms with Crippen LogP contribution in [-0.2, 0) is 9.53 Å². The summed E-state index contributed by atoms with van der Waals surface area (Å²) in [6.45, 7) is 11.2. The van der Waals surface area contributed by atoms with Crippen LogP contribution < -0.4 is 5.32 Å².